The molecule has 2 aliphatic rings. The quantitative estimate of drug-likeness (QED) is 0.810. The van der Waals surface area contributed by atoms with Crippen LogP contribution in [0.4, 0.5) is 0 Å². The smallest absolute Gasteiger partial charge is 0.326 e. The van der Waals surface area contributed by atoms with Crippen molar-refractivity contribution in [3.8, 4) is 0 Å². The highest BCUT2D eigenvalue weighted by Crippen LogP contribution is 2.36. The number of piperidine rings is 1. The molecule has 2 fully saturated rings. The summed E-state index contributed by atoms with van der Waals surface area (Å²) in [6.45, 7) is 9.93. The molecule has 1 saturated carbocycles. The van der Waals surface area contributed by atoms with Crippen LogP contribution in [0.25, 0.3) is 0 Å². The minimum absolute atomic E-state index is 0.0784. The number of nitrogens with zero attached hydrogens (tertiary/aromatic N) is 1. The van der Waals surface area contributed by atoms with Gasteiger partial charge in [0.1, 0.15) is 5.54 Å². The average Bonchev–Trinajstić information content (AvgIpc) is 2.46. The third-order valence-corrected chi connectivity index (χ3v) is 5.26. The van der Waals surface area contributed by atoms with Crippen molar-refractivity contribution in [2.24, 2.45) is 5.41 Å². The Morgan fingerprint density at radius 1 is 1.33 bits per heavy atom. The Kier molecular flexibility index (Phi) is 5.31. The molecule has 4 heteroatoms. The van der Waals surface area contributed by atoms with Crippen molar-refractivity contribution in [2.75, 3.05) is 26.7 Å². The summed E-state index contributed by atoms with van der Waals surface area (Å²) in [5.41, 5.74) is -0.0597. The van der Waals surface area contributed by atoms with E-state index in [0.717, 1.165) is 32.4 Å². The predicted molar refractivity (Wildman–Crippen MR) is 85.3 cm³/mol. The number of carbonyl (C=O) groups excluding carboxylic acids is 1. The first-order valence-corrected chi connectivity index (χ1v) is 8.50. The van der Waals surface area contributed by atoms with Gasteiger partial charge in [0, 0.05) is 12.6 Å². The lowest BCUT2D eigenvalue weighted by atomic mass is 9.76. The summed E-state index contributed by atoms with van der Waals surface area (Å²) >= 11 is 0. The molecular formula is C17H32N2O2. The van der Waals surface area contributed by atoms with Gasteiger partial charge in [0.15, 0.2) is 0 Å². The molecule has 4 nitrogen and oxygen atoms in total. The number of esters is 1. The normalized spacial score (nSPS) is 33.6. The van der Waals surface area contributed by atoms with Gasteiger partial charge in [-0.05, 0) is 57.0 Å². The van der Waals surface area contributed by atoms with Crippen LogP contribution >= 0.6 is 0 Å². The molecule has 0 bridgehead atoms. The van der Waals surface area contributed by atoms with Crippen LogP contribution in [0.5, 0.6) is 0 Å². The number of hydrogen-bond donors (Lipinski definition) is 1. The average molecular weight is 296 g/mol. The second-order valence-corrected chi connectivity index (χ2v) is 7.59. The fourth-order valence-corrected chi connectivity index (χ4v) is 4.29. The van der Waals surface area contributed by atoms with E-state index in [-0.39, 0.29) is 5.97 Å². The van der Waals surface area contributed by atoms with Gasteiger partial charge >= 0.3 is 5.97 Å². The highest BCUT2D eigenvalue weighted by Gasteiger charge is 2.45. The molecule has 1 N–H and O–H groups in total. The van der Waals surface area contributed by atoms with E-state index in [1.54, 1.807) is 0 Å². The molecule has 2 atom stereocenters. The number of likely N-dealkylation sites (N-methyl/N-ethyl adjacent to an activating group) is 1. The molecule has 1 saturated heterocycles. The lowest BCUT2D eigenvalue weighted by Crippen LogP contribution is -2.59. The first-order chi connectivity index (χ1) is 9.92. The summed E-state index contributed by atoms with van der Waals surface area (Å²) < 4.78 is 5.10. The molecule has 0 radical (unpaired) electrons. The standard InChI is InChI=1S/C17H32N2O2/c1-5-18-17(15(20)21-4)10-6-8-14(12-17)19-11-7-9-16(2,3)13-19/h14,18H,5-13H2,1-4H3. The summed E-state index contributed by atoms with van der Waals surface area (Å²) in [5, 5.41) is 3.44. The molecule has 1 aliphatic heterocycles. The fourth-order valence-electron chi connectivity index (χ4n) is 4.29. The van der Waals surface area contributed by atoms with Crippen LogP contribution in [0.1, 0.15) is 59.3 Å². The largest absolute Gasteiger partial charge is 0.468 e. The van der Waals surface area contributed by atoms with E-state index in [0.29, 0.717) is 11.5 Å². The Balaban J connectivity index is 2.09. The predicted octanol–water partition coefficient (Wildman–Crippen LogP) is 2.57. The van der Waals surface area contributed by atoms with E-state index >= 15 is 0 Å². The van der Waals surface area contributed by atoms with Crippen molar-refractivity contribution >= 4 is 5.97 Å². The maximum Gasteiger partial charge on any atom is 0.326 e. The summed E-state index contributed by atoms with van der Waals surface area (Å²) in [6.07, 6.45) is 6.69. The van der Waals surface area contributed by atoms with Gasteiger partial charge in [-0.15, -0.1) is 0 Å². The van der Waals surface area contributed by atoms with Crippen LogP contribution in [0.2, 0.25) is 0 Å². The first kappa shape index (κ1) is 16.8. The minimum atomic E-state index is -0.464. The van der Waals surface area contributed by atoms with Crippen molar-refractivity contribution in [3.05, 3.63) is 0 Å². The molecule has 21 heavy (non-hydrogen) atoms. The van der Waals surface area contributed by atoms with E-state index in [2.05, 4.69) is 31.0 Å². The maximum atomic E-state index is 12.3. The number of ether oxygens (including phenoxy) is 1. The van der Waals surface area contributed by atoms with E-state index in [1.165, 1.54) is 32.9 Å². The van der Waals surface area contributed by atoms with Gasteiger partial charge in [-0.25, -0.2) is 0 Å². The second kappa shape index (κ2) is 6.66. The molecule has 122 valence electrons. The molecule has 0 spiro atoms. The zero-order chi connectivity index (χ0) is 15.5. The van der Waals surface area contributed by atoms with Crippen LogP contribution < -0.4 is 5.32 Å². The zero-order valence-electron chi connectivity index (χ0n) is 14.2. The molecule has 0 aromatic carbocycles. The zero-order valence-corrected chi connectivity index (χ0v) is 14.2. The number of carbonyl (C=O) groups is 1. The third-order valence-electron chi connectivity index (χ3n) is 5.26. The SMILES string of the molecule is CCNC1(C(=O)OC)CCCC(N2CCCC(C)(C)C2)C1. The van der Waals surface area contributed by atoms with Crippen molar-refractivity contribution in [1.29, 1.82) is 0 Å². The number of rotatable bonds is 4. The molecule has 0 aromatic heterocycles. The Labute approximate surface area is 129 Å². The molecule has 2 unspecified atom stereocenters. The lowest BCUT2D eigenvalue weighted by Gasteiger charge is -2.47. The fraction of sp³-hybridized carbons (Fsp3) is 0.941. The summed E-state index contributed by atoms with van der Waals surface area (Å²) in [7, 11) is 1.51. The first-order valence-electron chi connectivity index (χ1n) is 8.50. The van der Waals surface area contributed by atoms with Crippen molar-refractivity contribution in [3.63, 3.8) is 0 Å². The number of nitrogens with one attached hydrogen (secondary N) is 1. The lowest BCUT2D eigenvalue weighted by molar-refractivity contribution is -0.151. The van der Waals surface area contributed by atoms with Gasteiger partial charge in [0.25, 0.3) is 0 Å². The van der Waals surface area contributed by atoms with E-state index < -0.39 is 5.54 Å². The highest BCUT2D eigenvalue weighted by molar-refractivity contribution is 5.81. The van der Waals surface area contributed by atoms with Gasteiger partial charge in [-0.1, -0.05) is 20.8 Å². The second-order valence-electron chi connectivity index (χ2n) is 7.59. The Bertz CT molecular complexity index is 366. The molecule has 2 rings (SSSR count). The number of likely N-dealkylation sites (tertiary alicyclic amines) is 1. The topological polar surface area (TPSA) is 41.6 Å². The number of methoxy groups -OCH3 is 1. The Morgan fingerprint density at radius 2 is 2.10 bits per heavy atom. The number of hydrogen-bond acceptors (Lipinski definition) is 4. The van der Waals surface area contributed by atoms with Crippen molar-refractivity contribution < 1.29 is 9.53 Å². The van der Waals surface area contributed by atoms with Crippen LogP contribution in [-0.4, -0.2) is 49.2 Å². The van der Waals surface area contributed by atoms with Crippen LogP contribution in [0.15, 0.2) is 0 Å². The minimum Gasteiger partial charge on any atom is -0.468 e. The van der Waals surface area contributed by atoms with Gasteiger partial charge in [-0.3, -0.25) is 9.69 Å². The van der Waals surface area contributed by atoms with Gasteiger partial charge in [-0.2, -0.15) is 0 Å². The van der Waals surface area contributed by atoms with Crippen molar-refractivity contribution in [2.45, 2.75) is 70.9 Å². The van der Waals surface area contributed by atoms with Gasteiger partial charge in [0.2, 0.25) is 0 Å². The van der Waals surface area contributed by atoms with Crippen molar-refractivity contribution in [1.82, 2.24) is 10.2 Å². The Morgan fingerprint density at radius 3 is 2.71 bits per heavy atom. The molecule has 0 aromatic rings. The van der Waals surface area contributed by atoms with E-state index in [4.69, 9.17) is 4.74 Å². The monoisotopic (exact) mass is 296 g/mol. The summed E-state index contributed by atoms with van der Waals surface area (Å²) in [5.74, 6) is -0.0784. The van der Waals surface area contributed by atoms with Crippen LogP contribution in [0.3, 0.4) is 0 Å². The van der Waals surface area contributed by atoms with Gasteiger partial charge < -0.3 is 10.1 Å². The molecule has 1 aliphatic carbocycles. The van der Waals surface area contributed by atoms with Gasteiger partial charge in [0.05, 0.1) is 7.11 Å². The highest BCUT2D eigenvalue weighted by atomic mass is 16.5. The van der Waals surface area contributed by atoms with Crippen LogP contribution in [-0.2, 0) is 9.53 Å². The summed E-state index contributed by atoms with van der Waals surface area (Å²) in [4.78, 5) is 15.0. The Hall–Kier alpha value is -0.610. The third kappa shape index (κ3) is 3.78. The van der Waals surface area contributed by atoms with E-state index in [1.807, 2.05) is 0 Å². The van der Waals surface area contributed by atoms with Crippen LogP contribution in [0, 0.1) is 5.41 Å². The maximum absolute atomic E-state index is 12.3. The molecular weight excluding hydrogens is 264 g/mol. The summed E-state index contributed by atoms with van der Waals surface area (Å²) in [6, 6.07) is 0.511. The van der Waals surface area contributed by atoms with E-state index in [9.17, 15) is 4.79 Å². The molecule has 1 heterocycles. The molecule has 0 amide bonds.